The molecule has 2 aliphatic heterocycles. The van der Waals surface area contributed by atoms with E-state index in [1.54, 1.807) is 24.2 Å². The number of ether oxygens (including phenoxy) is 1. The molecule has 1 aromatic heterocycles. The summed E-state index contributed by atoms with van der Waals surface area (Å²) in [7, 11) is 0. The average Bonchev–Trinajstić information content (AvgIpc) is 2.79. The van der Waals surface area contributed by atoms with Crippen LogP contribution in [0.15, 0.2) is 30.6 Å². The lowest BCUT2D eigenvalue weighted by atomic mass is 9.90. The molecule has 1 saturated heterocycles. The zero-order valence-electron chi connectivity index (χ0n) is 20.1. The molecule has 2 amide bonds. The van der Waals surface area contributed by atoms with E-state index in [0.717, 1.165) is 54.5 Å². The van der Waals surface area contributed by atoms with Crippen molar-refractivity contribution < 1.29 is 14.3 Å². The summed E-state index contributed by atoms with van der Waals surface area (Å²) < 4.78 is 5.30. The lowest BCUT2D eigenvalue weighted by Crippen LogP contribution is -2.45. The molecule has 3 heterocycles. The second kappa shape index (κ2) is 11.0. The first-order chi connectivity index (χ1) is 15.8. The first kappa shape index (κ1) is 25.7. The van der Waals surface area contributed by atoms with Crippen molar-refractivity contribution in [3.05, 3.63) is 36.2 Å². The Bertz CT molecular complexity index is 1010. The van der Waals surface area contributed by atoms with Gasteiger partial charge in [-0.2, -0.15) is 0 Å². The van der Waals surface area contributed by atoms with Crippen LogP contribution in [0.25, 0.3) is 11.3 Å². The summed E-state index contributed by atoms with van der Waals surface area (Å²) in [6.45, 7) is 10.9. The van der Waals surface area contributed by atoms with Crippen molar-refractivity contribution in [1.29, 1.82) is 0 Å². The Morgan fingerprint density at radius 2 is 1.91 bits per heavy atom. The molecule has 0 bridgehead atoms. The van der Waals surface area contributed by atoms with Gasteiger partial charge in [-0.25, -0.2) is 9.78 Å². The first-order valence-corrected chi connectivity index (χ1v) is 11.5. The molecule has 9 nitrogen and oxygen atoms in total. The van der Waals surface area contributed by atoms with Gasteiger partial charge >= 0.3 is 6.09 Å². The molecule has 2 aromatic rings. The Balaban J connectivity index is 0.00000324. The molecule has 184 valence electrons. The summed E-state index contributed by atoms with van der Waals surface area (Å²) in [4.78, 5) is 38.0. The molecule has 2 atom stereocenters. The van der Waals surface area contributed by atoms with E-state index in [4.69, 9.17) is 4.74 Å². The van der Waals surface area contributed by atoms with Gasteiger partial charge in [-0.1, -0.05) is 6.07 Å². The summed E-state index contributed by atoms with van der Waals surface area (Å²) >= 11 is 0. The van der Waals surface area contributed by atoms with E-state index in [2.05, 4.69) is 25.5 Å². The standard InChI is InChI=1S/C24H32N6O3.ClH/c1-15(2)33-24(32)28-20-11-16(3)30(17(4)31)22-6-5-18(12-19(20)22)21-13-27-23(14-26-21)29-9-7-25-8-10-29;/h5-6,12-16,20,25H,7-11H2,1-4H3,(H,28,32);1H/t16-,20+;/m1./s1. The van der Waals surface area contributed by atoms with E-state index in [0.29, 0.717) is 6.42 Å². The molecule has 34 heavy (non-hydrogen) atoms. The van der Waals surface area contributed by atoms with Crippen molar-refractivity contribution in [2.24, 2.45) is 0 Å². The van der Waals surface area contributed by atoms with Gasteiger partial charge in [-0.15, -0.1) is 12.4 Å². The molecule has 0 unspecified atom stereocenters. The zero-order chi connectivity index (χ0) is 23.5. The zero-order valence-corrected chi connectivity index (χ0v) is 20.9. The molecule has 1 fully saturated rings. The second-order valence-electron chi connectivity index (χ2n) is 8.90. The molecule has 0 saturated carbocycles. The van der Waals surface area contributed by atoms with Crippen LogP contribution in [-0.2, 0) is 9.53 Å². The number of anilines is 2. The monoisotopic (exact) mass is 488 g/mol. The number of aromatic nitrogens is 2. The third-order valence-electron chi connectivity index (χ3n) is 6.03. The minimum Gasteiger partial charge on any atom is -0.447 e. The van der Waals surface area contributed by atoms with Crippen LogP contribution in [0.1, 0.15) is 45.7 Å². The lowest BCUT2D eigenvalue weighted by Gasteiger charge is -2.39. The van der Waals surface area contributed by atoms with Crippen LogP contribution in [0.5, 0.6) is 0 Å². The number of carbonyl (C=O) groups is 2. The number of amides is 2. The van der Waals surface area contributed by atoms with Crippen molar-refractivity contribution in [3.63, 3.8) is 0 Å². The first-order valence-electron chi connectivity index (χ1n) is 11.5. The molecule has 2 aliphatic rings. The van der Waals surface area contributed by atoms with Crippen molar-refractivity contribution in [1.82, 2.24) is 20.6 Å². The van der Waals surface area contributed by atoms with E-state index < -0.39 is 6.09 Å². The highest BCUT2D eigenvalue weighted by molar-refractivity contribution is 5.94. The Kier molecular flexibility index (Phi) is 8.33. The Morgan fingerprint density at radius 1 is 1.18 bits per heavy atom. The molecular formula is C24H33ClN6O3. The van der Waals surface area contributed by atoms with Crippen LogP contribution >= 0.6 is 12.4 Å². The molecule has 1 aromatic carbocycles. The number of halogens is 1. The van der Waals surface area contributed by atoms with Crippen molar-refractivity contribution in [2.75, 3.05) is 36.0 Å². The van der Waals surface area contributed by atoms with Crippen LogP contribution in [0.4, 0.5) is 16.3 Å². The molecule has 0 radical (unpaired) electrons. The summed E-state index contributed by atoms with van der Waals surface area (Å²) in [6, 6.07) is 5.54. The summed E-state index contributed by atoms with van der Waals surface area (Å²) in [5, 5.41) is 6.32. The minimum absolute atomic E-state index is 0. The number of benzene rings is 1. The van der Waals surface area contributed by atoms with Gasteiger partial charge in [0, 0.05) is 50.4 Å². The van der Waals surface area contributed by atoms with E-state index >= 15 is 0 Å². The molecule has 0 spiro atoms. The number of carbonyl (C=O) groups excluding carboxylic acids is 2. The highest BCUT2D eigenvalue weighted by Crippen LogP contribution is 2.39. The van der Waals surface area contributed by atoms with E-state index in [-0.39, 0.29) is 36.5 Å². The quantitative estimate of drug-likeness (QED) is 0.681. The van der Waals surface area contributed by atoms with Crippen LogP contribution in [-0.4, -0.2) is 60.3 Å². The lowest BCUT2D eigenvalue weighted by molar-refractivity contribution is -0.117. The van der Waals surface area contributed by atoms with Crippen LogP contribution in [0.2, 0.25) is 0 Å². The predicted octanol–water partition coefficient (Wildman–Crippen LogP) is 3.30. The van der Waals surface area contributed by atoms with Crippen LogP contribution in [0.3, 0.4) is 0 Å². The van der Waals surface area contributed by atoms with Gasteiger partial charge in [0.2, 0.25) is 5.91 Å². The topological polar surface area (TPSA) is 99.7 Å². The fourth-order valence-electron chi connectivity index (χ4n) is 4.56. The fourth-order valence-corrected chi connectivity index (χ4v) is 4.56. The maximum Gasteiger partial charge on any atom is 0.407 e. The molecule has 2 N–H and O–H groups in total. The van der Waals surface area contributed by atoms with Crippen LogP contribution in [0, 0.1) is 0 Å². The van der Waals surface area contributed by atoms with Crippen molar-refractivity contribution in [2.45, 2.75) is 52.3 Å². The number of fused-ring (bicyclic) bond motifs is 1. The summed E-state index contributed by atoms with van der Waals surface area (Å²) in [6.07, 6.45) is 3.50. The SMILES string of the molecule is CC(=O)N1c2ccc(-c3cnc(N4CCNCC4)cn3)cc2[C@@H](NC(=O)OC(C)C)C[C@H]1C.Cl. The Hall–Kier alpha value is -2.91. The summed E-state index contributed by atoms with van der Waals surface area (Å²) in [5.74, 6) is 0.839. The third-order valence-corrected chi connectivity index (χ3v) is 6.03. The van der Waals surface area contributed by atoms with Gasteiger partial charge in [0.1, 0.15) is 5.82 Å². The highest BCUT2D eigenvalue weighted by atomic mass is 35.5. The number of piperazine rings is 1. The highest BCUT2D eigenvalue weighted by Gasteiger charge is 2.34. The molecule has 0 aliphatic carbocycles. The third kappa shape index (κ3) is 5.59. The minimum atomic E-state index is -0.463. The van der Waals surface area contributed by atoms with E-state index in [1.807, 2.05) is 39.0 Å². The van der Waals surface area contributed by atoms with Gasteiger partial charge in [0.15, 0.2) is 0 Å². The smallest absolute Gasteiger partial charge is 0.407 e. The maximum absolute atomic E-state index is 12.4. The maximum atomic E-state index is 12.4. The van der Waals surface area contributed by atoms with Gasteiger partial charge in [0.25, 0.3) is 0 Å². The van der Waals surface area contributed by atoms with Gasteiger partial charge < -0.3 is 25.2 Å². The van der Waals surface area contributed by atoms with E-state index in [1.165, 1.54) is 0 Å². The van der Waals surface area contributed by atoms with Gasteiger partial charge in [-0.3, -0.25) is 9.78 Å². The number of hydrogen-bond acceptors (Lipinski definition) is 7. The Morgan fingerprint density at radius 3 is 2.53 bits per heavy atom. The van der Waals surface area contributed by atoms with Crippen molar-refractivity contribution >= 4 is 35.9 Å². The predicted molar refractivity (Wildman–Crippen MR) is 135 cm³/mol. The fraction of sp³-hybridized carbons (Fsp3) is 0.500. The molecular weight excluding hydrogens is 456 g/mol. The van der Waals surface area contributed by atoms with Crippen LogP contribution < -0.4 is 20.4 Å². The molecule has 4 rings (SSSR count). The largest absolute Gasteiger partial charge is 0.447 e. The number of nitrogens with one attached hydrogen (secondary N) is 2. The number of nitrogens with zero attached hydrogens (tertiary/aromatic N) is 4. The van der Waals surface area contributed by atoms with Crippen molar-refractivity contribution in [3.8, 4) is 11.3 Å². The molecule has 10 heteroatoms. The summed E-state index contributed by atoms with van der Waals surface area (Å²) in [5.41, 5.74) is 3.29. The van der Waals surface area contributed by atoms with Gasteiger partial charge in [0.05, 0.1) is 30.2 Å². The number of rotatable bonds is 4. The number of hydrogen-bond donors (Lipinski definition) is 2. The second-order valence-corrected chi connectivity index (χ2v) is 8.90. The van der Waals surface area contributed by atoms with E-state index in [9.17, 15) is 9.59 Å². The number of alkyl carbamates (subject to hydrolysis) is 1. The Labute approximate surface area is 206 Å². The average molecular weight is 489 g/mol. The normalized spacial score (nSPS) is 19.8. The van der Waals surface area contributed by atoms with Gasteiger partial charge in [-0.05, 0) is 44.9 Å².